The number of carbonyl (C=O) groups excluding carboxylic acids is 2. The largest absolute Gasteiger partial charge is 0.494 e. The van der Waals surface area contributed by atoms with Crippen LogP contribution in [0.15, 0.2) is 30.9 Å². The van der Waals surface area contributed by atoms with Gasteiger partial charge in [-0.15, -0.1) is 6.58 Å². The molecule has 0 spiro atoms. The standard InChI is InChI=1S/C19H27N3O3/c1-4-7-18(23)21-15-10-9-14(13-17(15)25-3)20-19(24)16-8-6-12-22(16)11-5-2/h5,9-10,13,16H,2,4,6-8,11-12H2,1,3H3,(H,20,24)(H,21,23). The molecule has 0 saturated carbocycles. The van der Waals surface area contributed by atoms with Crippen LogP contribution in [0.5, 0.6) is 5.75 Å². The van der Waals surface area contributed by atoms with E-state index in [4.69, 9.17) is 4.74 Å². The third kappa shape index (κ3) is 5.06. The van der Waals surface area contributed by atoms with E-state index in [0.29, 0.717) is 30.1 Å². The number of likely N-dealkylation sites (tertiary alicyclic amines) is 1. The summed E-state index contributed by atoms with van der Waals surface area (Å²) >= 11 is 0. The van der Waals surface area contributed by atoms with Crippen LogP contribution in [0.3, 0.4) is 0 Å². The van der Waals surface area contributed by atoms with Crippen LogP contribution < -0.4 is 15.4 Å². The zero-order chi connectivity index (χ0) is 18.2. The quantitative estimate of drug-likeness (QED) is 0.711. The van der Waals surface area contributed by atoms with Crippen molar-refractivity contribution in [2.45, 2.75) is 38.6 Å². The first-order valence-electron chi connectivity index (χ1n) is 8.72. The van der Waals surface area contributed by atoms with Crippen molar-refractivity contribution in [3.05, 3.63) is 30.9 Å². The highest BCUT2D eigenvalue weighted by atomic mass is 16.5. The second-order valence-electron chi connectivity index (χ2n) is 6.14. The van der Waals surface area contributed by atoms with E-state index in [2.05, 4.69) is 22.1 Å². The van der Waals surface area contributed by atoms with E-state index in [0.717, 1.165) is 25.8 Å². The third-order valence-corrected chi connectivity index (χ3v) is 4.25. The van der Waals surface area contributed by atoms with E-state index in [1.54, 1.807) is 25.3 Å². The van der Waals surface area contributed by atoms with E-state index >= 15 is 0 Å². The second kappa shape index (κ2) is 9.22. The van der Waals surface area contributed by atoms with E-state index in [9.17, 15) is 9.59 Å². The zero-order valence-corrected chi connectivity index (χ0v) is 15.0. The molecule has 1 saturated heterocycles. The fraction of sp³-hybridized carbons (Fsp3) is 0.474. The summed E-state index contributed by atoms with van der Waals surface area (Å²) in [7, 11) is 1.54. The lowest BCUT2D eigenvalue weighted by Gasteiger charge is -2.22. The number of amides is 2. The molecule has 1 fully saturated rings. The van der Waals surface area contributed by atoms with Crippen molar-refractivity contribution in [2.75, 3.05) is 30.8 Å². The van der Waals surface area contributed by atoms with Gasteiger partial charge >= 0.3 is 0 Å². The van der Waals surface area contributed by atoms with Crippen LogP contribution in [0.25, 0.3) is 0 Å². The molecule has 1 aliphatic rings. The van der Waals surface area contributed by atoms with E-state index < -0.39 is 0 Å². The average molecular weight is 345 g/mol. The smallest absolute Gasteiger partial charge is 0.241 e. The summed E-state index contributed by atoms with van der Waals surface area (Å²) in [6.07, 6.45) is 4.93. The van der Waals surface area contributed by atoms with E-state index in [1.165, 1.54) is 0 Å². The first-order chi connectivity index (χ1) is 12.1. The van der Waals surface area contributed by atoms with Crippen LogP contribution in [0.1, 0.15) is 32.6 Å². The molecule has 1 unspecified atom stereocenters. The van der Waals surface area contributed by atoms with Gasteiger partial charge in [0.05, 0.1) is 18.8 Å². The van der Waals surface area contributed by atoms with Crippen LogP contribution in [-0.4, -0.2) is 43.0 Å². The maximum Gasteiger partial charge on any atom is 0.241 e. The fourth-order valence-electron chi connectivity index (χ4n) is 3.04. The number of rotatable bonds is 8. The van der Waals surface area contributed by atoms with Crippen molar-refractivity contribution in [3.8, 4) is 5.75 Å². The van der Waals surface area contributed by atoms with Gasteiger partial charge in [-0.2, -0.15) is 0 Å². The molecule has 136 valence electrons. The Morgan fingerprint density at radius 3 is 2.88 bits per heavy atom. The minimum absolute atomic E-state index is 0.0239. The predicted molar refractivity (Wildman–Crippen MR) is 100.0 cm³/mol. The minimum Gasteiger partial charge on any atom is -0.494 e. The monoisotopic (exact) mass is 345 g/mol. The Kier molecular flexibility index (Phi) is 7.01. The predicted octanol–water partition coefficient (Wildman–Crippen LogP) is 3.02. The topological polar surface area (TPSA) is 70.7 Å². The number of anilines is 2. The molecule has 0 radical (unpaired) electrons. The second-order valence-corrected chi connectivity index (χ2v) is 6.14. The normalized spacial score (nSPS) is 17.1. The van der Waals surface area contributed by atoms with Crippen molar-refractivity contribution in [1.29, 1.82) is 0 Å². The van der Waals surface area contributed by atoms with Crippen molar-refractivity contribution >= 4 is 23.2 Å². The molecule has 2 N–H and O–H groups in total. The highest BCUT2D eigenvalue weighted by Crippen LogP contribution is 2.29. The van der Waals surface area contributed by atoms with Gasteiger partial charge in [-0.25, -0.2) is 0 Å². The molecule has 25 heavy (non-hydrogen) atoms. The highest BCUT2D eigenvalue weighted by molar-refractivity contribution is 5.96. The van der Waals surface area contributed by atoms with Crippen molar-refractivity contribution in [2.24, 2.45) is 0 Å². The summed E-state index contributed by atoms with van der Waals surface area (Å²) in [5, 5.41) is 5.77. The van der Waals surface area contributed by atoms with Crippen molar-refractivity contribution in [3.63, 3.8) is 0 Å². The fourth-order valence-corrected chi connectivity index (χ4v) is 3.04. The van der Waals surface area contributed by atoms with Gasteiger partial charge in [-0.1, -0.05) is 13.0 Å². The number of nitrogens with one attached hydrogen (secondary N) is 2. The lowest BCUT2D eigenvalue weighted by atomic mass is 10.2. The number of methoxy groups -OCH3 is 1. The molecule has 6 nitrogen and oxygen atoms in total. The number of ether oxygens (including phenoxy) is 1. The van der Waals surface area contributed by atoms with Crippen LogP contribution >= 0.6 is 0 Å². The van der Waals surface area contributed by atoms with Crippen molar-refractivity contribution in [1.82, 2.24) is 4.90 Å². The third-order valence-electron chi connectivity index (χ3n) is 4.25. The molecule has 0 aromatic heterocycles. The summed E-state index contributed by atoms with van der Waals surface area (Å²) in [5.41, 5.74) is 1.26. The summed E-state index contributed by atoms with van der Waals surface area (Å²) in [6, 6.07) is 5.12. The summed E-state index contributed by atoms with van der Waals surface area (Å²) < 4.78 is 5.34. The Balaban J connectivity index is 2.05. The Morgan fingerprint density at radius 1 is 1.40 bits per heavy atom. The molecule has 1 aromatic rings. The Labute approximate surface area is 149 Å². The summed E-state index contributed by atoms with van der Waals surface area (Å²) in [6.45, 7) is 7.32. The summed E-state index contributed by atoms with van der Waals surface area (Å²) in [5.74, 6) is 0.449. The molecule has 0 aliphatic carbocycles. The Hall–Kier alpha value is -2.34. The van der Waals surface area contributed by atoms with Gasteiger partial charge < -0.3 is 15.4 Å². The number of hydrogen-bond acceptors (Lipinski definition) is 4. The SMILES string of the molecule is C=CCN1CCCC1C(=O)Nc1ccc(NC(=O)CCC)c(OC)c1. The molecule has 1 aromatic carbocycles. The molecule has 0 bridgehead atoms. The Bertz CT molecular complexity index is 630. The molecule has 1 atom stereocenters. The summed E-state index contributed by atoms with van der Waals surface area (Å²) in [4.78, 5) is 26.4. The first-order valence-corrected chi connectivity index (χ1v) is 8.72. The van der Waals surface area contributed by atoms with Gasteiger partial charge in [-0.3, -0.25) is 14.5 Å². The van der Waals surface area contributed by atoms with Crippen LogP contribution in [0.4, 0.5) is 11.4 Å². The molecule has 6 heteroatoms. The average Bonchev–Trinajstić information content (AvgIpc) is 3.05. The maximum absolute atomic E-state index is 12.5. The van der Waals surface area contributed by atoms with Crippen LogP contribution in [0.2, 0.25) is 0 Å². The number of nitrogens with zero attached hydrogens (tertiary/aromatic N) is 1. The molecule has 1 aliphatic heterocycles. The maximum atomic E-state index is 12.5. The lowest BCUT2D eigenvalue weighted by molar-refractivity contribution is -0.120. The van der Waals surface area contributed by atoms with Gasteiger partial charge in [0.15, 0.2) is 0 Å². The lowest BCUT2D eigenvalue weighted by Crippen LogP contribution is -2.39. The van der Waals surface area contributed by atoms with Crippen LogP contribution in [-0.2, 0) is 9.59 Å². The van der Waals surface area contributed by atoms with Gasteiger partial charge in [0.1, 0.15) is 5.75 Å². The number of hydrogen-bond donors (Lipinski definition) is 2. The zero-order valence-electron chi connectivity index (χ0n) is 15.0. The van der Waals surface area contributed by atoms with Gasteiger partial charge in [0, 0.05) is 24.7 Å². The first kappa shape index (κ1) is 19.0. The van der Waals surface area contributed by atoms with Crippen molar-refractivity contribution < 1.29 is 14.3 Å². The molecular weight excluding hydrogens is 318 g/mol. The molecule has 2 amide bonds. The van der Waals surface area contributed by atoms with Crippen LogP contribution in [0, 0.1) is 0 Å². The number of benzene rings is 1. The van der Waals surface area contributed by atoms with Gasteiger partial charge in [0.25, 0.3) is 0 Å². The molecular formula is C19H27N3O3. The molecule has 1 heterocycles. The molecule has 2 rings (SSSR count). The van der Waals surface area contributed by atoms with E-state index in [1.807, 2.05) is 13.0 Å². The number of carbonyl (C=O) groups is 2. The van der Waals surface area contributed by atoms with Gasteiger partial charge in [0.2, 0.25) is 11.8 Å². The Morgan fingerprint density at radius 2 is 2.20 bits per heavy atom. The van der Waals surface area contributed by atoms with E-state index in [-0.39, 0.29) is 17.9 Å². The highest BCUT2D eigenvalue weighted by Gasteiger charge is 2.29. The van der Waals surface area contributed by atoms with Gasteiger partial charge in [-0.05, 0) is 37.9 Å². The minimum atomic E-state index is -0.132.